The summed E-state index contributed by atoms with van der Waals surface area (Å²) in [5.74, 6) is 1.47. The minimum absolute atomic E-state index is 0.170. The number of aliphatic hydroxyl groups excluding tert-OH is 1. The lowest BCUT2D eigenvalue weighted by atomic mass is 9.73. The molecule has 0 aliphatic rings. The van der Waals surface area contributed by atoms with Crippen molar-refractivity contribution in [1.29, 1.82) is 0 Å². The Morgan fingerprint density at radius 3 is 1.43 bits per heavy atom. The van der Waals surface area contributed by atoms with Gasteiger partial charge in [0.15, 0.2) is 0 Å². The third kappa shape index (κ3) is 8.51. The fourth-order valence-corrected chi connectivity index (χ4v) is 3.94. The van der Waals surface area contributed by atoms with Gasteiger partial charge < -0.3 is 16.6 Å². The summed E-state index contributed by atoms with van der Waals surface area (Å²) < 4.78 is 0. The maximum atomic E-state index is 9.27. The van der Waals surface area contributed by atoms with E-state index >= 15 is 0 Å². The van der Waals surface area contributed by atoms with Crippen LogP contribution in [-0.2, 0) is 0 Å². The quantitative estimate of drug-likeness (QED) is 0.415. The third-order valence-electron chi connectivity index (χ3n) is 5.68. The molecule has 0 aromatic rings. The van der Waals surface area contributed by atoms with E-state index in [2.05, 4.69) is 27.7 Å². The molecular weight excluding hydrogens is 284 g/mol. The lowest BCUT2D eigenvalue weighted by molar-refractivity contribution is 0.175. The molecule has 5 N–H and O–H groups in total. The molecule has 23 heavy (non-hydrogen) atoms. The molecule has 0 radical (unpaired) electrons. The van der Waals surface area contributed by atoms with E-state index in [4.69, 9.17) is 11.5 Å². The van der Waals surface area contributed by atoms with Crippen LogP contribution in [0, 0.1) is 17.8 Å². The second-order valence-electron chi connectivity index (χ2n) is 7.31. The van der Waals surface area contributed by atoms with Gasteiger partial charge in [-0.15, -0.1) is 0 Å². The first-order valence-electron chi connectivity index (χ1n) is 10.2. The largest absolute Gasteiger partial charge is 0.396 e. The summed E-state index contributed by atoms with van der Waals surface area (Å²) in [6, 6.07) is 0.340. The highest BCUT2D eigenvalue weighted by Gasteiger charge is 2.32. The van der Waals surface area contributed by atoms with Crippen LogP contribution >= 0.6 is 0 Å². The summed E-state index contributed by atoms with van der Waals surface area (Å²) in [6.07, 6.45) is 11.4. The van der Waals surface area contributed by atoms with Crippen LogP contribution in [0.3, 0.4) is 0 Å². The van der Waals surface area contributed by atoms with Gasteiger partial charge in [0, 0.05) is 18.7 Å². The van der Waals surface area contributed by atoms with E-state index in [0.29, 0.717) is 17.8 Å². The van der Waals surface area contributed by atoms with Crippen molar-refractivity contribution >= 4 is 0 Å². The molecule has 4 atom stereocenters. The van der Waals surface area contributed by atoms with Gasteiger partial charge in [-0.3, -0.25) is 0 Å². The van der Waals surface area contributed by atoms with Gasteiger partial charge in [0.1, 0.15) is 0 Å². The van der Waals surface area contributed by atoms with Crippen molar-refractivity contribution in [3.05, 3.63) is 0 Å². The average Bonchev–Trinajstić information content (AvgIpc) is 2.56. The zero-order chi connectivity index (χ0) is 17.7. The van der Waals surface area contributed by atoms with Crippen molar-refractivity contribution in [2.75, 3.05) is 6.61 Å². The Bertz CT molecular complexity index is 238. The lowest BCUT2D eigenvalue weighted by Gasteiger charge is -2.38. The van der Waals surface area contributed by atoms with Crippen LogP contribution in [0.25, 0.3) is 0 Å². The smallest absolute Gasteiger partial charge is 0.0431 e. The van der Waals surface area contributed by atoms with Crippen LogP contribution in [0.15, 0.2) is 0 Å². The Labute approximate surface area is 145 Å². The van der Waals surface area contributed by atoms with E-state index in [1.807, 2.05) is 0 Å². The first-order valence-corrected chi connectivity index (χ1v) is 10.2. The highest BCUT2D eigenvalue weighted by molar-refractivity contribution is 4.89. The summed E-state index contributed by atoms with van der Waals surface area (Å²) in [5, 5.41) is 9.27. The lowest BCUT2D eigenvalue weighted by Crippen LogP contribution is -2.49. The molecular formula is C20H44N2O. The van der Waals surface area contributed by atoms with E-state index in [1.54, 1.807) is 0 Å². The number of unbranched alkanes of at least 4 members (excludes halogenated alkanes) is 2. The molecule has 3 heteroatoms. The number of nitrogens with two attached hydrogens (primary N) is 2. The molecule has 3 nitrogen and oxygen atoms in total. The number of hydrogen-bond acceptors (Lipinski definition) is 3. The van der Waals surface area contributed by atoms with E-state index in [-0.39, 0.29) is 18.7 Å². The van der Waals surface area contributed by atoms with E-state index in [1.165, 1.54) is 38.5 Å². The Hall–Kier alpha value is -0.120. The molecule has 0 aromatic carbocycles. The molecule has 0 amide bonds. The second kappa shape index (κ2) is 14.2. The van der Waals surface area contributed by atoms with Crippen LogP contribution < -0.4 is 11.5 Å². The molecule has 0 fully saturated rings. The van der Waals surface area contributed by atoms with Gasteiger partial charge in [-0.25, -0.2) is 0 Å². The van der Waals surface area contributed by atoms with Crippen molar-refractivity contribution in [2.45, 2.75) is 104 Å². The molecule has 0 bridgehead atoms. The van der Waals surface area contributed by atoms with Crippen molar-refractivity contribution in [3.8, 4) is 0 Å². The summed E-state index contributed by atoms with van der Waals surface area (Å²) >= 11 is 0. The Balaban J connectivity index is 4.98. The topological polar surface area (TPSA) is 72.3 Å². The molecule has 0 heterocycles. The maximum absolute atomic E-state index is 9.27. The summed E-state index contributed by atoms with van der Waals surface area (Å²) in [4.78, 5) is 0. The number of aliphatic hydroxyl groups is 1. The summed E-state index contributed by atoms with van der Waals surface area (Å²) in [5.41, 5.74) is 13.4. The predicted molar refractivity (Wildman–Crippen MR) is 102 cm³/mol. The summed E-state index contributed by atoms with van der Waals surface area (Å²) in [7, 11) is 0. The minimum atomic E-state index is 0.170. The second-order valence-corrected chi connectivity index (χ2v) is 7.31. The monoisotopic (exact) mass is 328 g/mol. The van der Waals surface area contributed by atoms with E-state index in [0.717, 1.165) is 25.7 Å². The van der Waals surface area contributed by atoms with Crippen LogP contribution in [0.2, 0.25) is 0 Å². The van der Waals surface area contributed by atoms with Crippen molar-refractivity contribution in [2.24, 2.45) is 29.2 Å². The molecule has 0 aliphatic heterocycles. The van der Waals surface area contributed by atoms with E-state index in [9.17, 15) is 5.11 Å². The van der Waals surface area contributed by atoms with E-state index < -0.39 is 0 Å². The Morgan fingerprint density at radius 2 is 1.13 bits per heavy atom. The molecule has 0 aliphatic carbocycles. The van der Waals surface area contributed by atoms with Crippen LogP contribution in [0.5, 0.6) is 0 Å². The SMILES string of the molecule is CCCCC(CC)C(N)C(CCCO)C(N)C(CC)CCCC. The van der Waals surface area contributed by atoms with Crippen molar-refractivity contribution in [3.63, 3.8) is 0 Å². The standard InChI is InChI=1S/C20H44N2O/c1-5-9-12-16(7-3)19(21)18(14-11-15-23)20(22)17(8-4)13-10-6-2/h16-20,23H,5-15,21-22H2,1-4H3. The van der Waals surface area contributed by atoms with Gasteiger partial charge in [0.05, 0.1) is 0 Å². The Kier molecular flexibility index (Phi) is 14.2. The van der Waals surface area contributed by atoms with Gasteiger partial charge in [-0.2, -0.15) is 0 Å². The average molecular weight is 329 g/mol. The molecule has 0 spiro atoms. The zero-order valence-corrected chi connectivity index (χ0v) is 16.3. The third-order valence-corrected chi connectivity index (χ3v) is 5.68. The van der Waals surface area contributed by atoms with Crippen LogP contribution in [0.4, 0.5) is 0 Å². The summed E-state index contributed by atoms with van der Waals surface area (Å²) in [6.45, 7) is 9.23. The van der Waals surface area contributed by atoms with Gasteiger partial charge >= 0.3 is 0 Å². The van der Waals surface area contributed by atoms with Gasteiger partial charge in [0.2, 0.25) is 0 Å². The highest BCUT2D eigenvalue weighted by atomic mass is 16.2. The fourth-order valence-electron chi connectivity index (χ4n) is 3.94. The molecule has 0 rings (SSSR count). The first-order chi connectivity index (χ1) is 11.1. The fraction of sp³-hybridized carbons (Fsp3) is 1.00. The van der Waals surface area contributed by atoms with Crippen LogP contribution in [-0.4, -0.2) is 23.8 Å². The van der Waals surface area contributed by atoms with Crippen LogP contribution in [0.1, 0.15) is 91.9 Å². The Morgan fingerprint density at radius 1 is 0.696 bits per heavy atom. The number of rotatable bonds is 15. The number of hydrogen-bond donors (Lipinski definition) is 3. The predicted octanol–water partition coefficient (Wildman–Crippen LogP) is 4.46. The van der Waals surface area contributed by atoms with Gasteiger partial charge in [0.25, 0.3) is 0 Å². The first kappa shape index (κ1) is 22.9. The minimum Gasteiger partial charge on any atom is -0.396 e. The molecule has 0 aromatic heterocycles. The van der Waals surface area contributed by atoms with Gasteiger partial charge in [-0.1, -0.05) is 66.2 Å². The van der Waals surface area contributed by atoms with Crippen molar-refractivity contribution < 1.29 is 5.11 Å². The van der Waals surface area contributed by atoms with Gasteiger partial charge in [-0.05, 0) is 43.4 Å². The normalized spacial score (nSPS) is 18.4. The molecule has 140 valence electrons. The highest BCUT2D eigenvalue weighted by Crippen LogP contribution is 2.30. The molecule has 0 saturated heterocycles. The molecule has 4 unspecified atom stereocenters. The molecule has 0 saturated carbocycles. The van der Waals surface area contributed by atoms with Crippen molar-refractivity contribution in [1.82, 2.24) is 0 Å². The maximum Gasteiger partial charge on any atom is 0.0431 e. The zero-order valence-electron chi connectivity index (χ0n) is 16.3.